The van der Waals surface area contributed by atoms with E-state index in [1.54, 1.807) is 5.56 Å². The van der Waals surface area contributed by atoms with E-state index >= 15 is 0 Å². The lowest BCUT2D eigenvalue weighted by molar-refractivity contribution is 0.0959. The van der Waals surface area contributed by atoms with Gasteiger partial charge in [-0.1, -0.05) is 6.92 Å². The summed E-state index contributed by atoms with van der Waals surface area (Å²) in [6, 6.07) is 2.95. The van der Waals surface area contributed by atoms with Gasteiger partial charge in [0.2, 0.25) is 0 Å². The van der Waals surface area contributed by atoms with Crippen LogP contribution in [0.1, 0.15) is 47.5 Å². The zero-order chi connectivity index (χ0) is 13.1. The summed E-state index contributed by atoms with van der Waals surface area (Å²) in [6.07, 6.45) is 3.83. The highest BCUT2D eigenvalue weighted by Gasteiger charge is 2.32. The van der Waals surface area contributed by atoms with E-state index in [1.807, 2.05) is 11.3 Å². The van der Waals surface area contributed by atoms with Gasteiger partial charge in [-0.3, -0.25) is 4.90 Å². The highest BCUT2D eigenvalue weighted by atomic mass is 32.1. The first-order valence-electron chi connectivity index (χ1n) is 7.18. The van der Waals surface area contributed by atoms with E-state index in [0.717, 1.165) is 6.54 Å². The molecule has 0 saturated carbocycles. The SMILES string of the molecule is CCCN1CCCC(CN)C1c1cc(C)sc1C. The summed E-state index contributed by atoms with van der Waals surface area (Å²) in [5.74, 6) is 0.637. The van der Waals surface area contributed by atoms with Crippen molar-refractivity contribution >= 4 is 11.3 Å². The average molecular weight is 266 g/mol. The lowest BCUT2D eigenvalue weighted by Crippen LogP contribution is -2.42. The molecule has 0 aromatic carbocycles. The fourth-order valence-electron chi connectivity index (χ4n) is 3.33. The molecule has 2 heterocycles. The van der Waals surface area contributed by atoms with Gasteiger partial charge in [-0.15, -0.1) is 11.3 Å². The molecule has 1 aliphatic heterocycles. The first-order valence-corrected chi connectivity index (χ1v) is 8.00. The predicted octanol–water partition coefficient (Wildman–Crippen LogP) is 3.49. The Morgan fingerprint density at radius 1 is 1.44 bits per heavy atom. The molecule has 1 aromatic heterocycles. The number of likely N-dealkylation sites (tertiary alicyclic amines) is 1. The quantitative estimate of drug-likeness (QED) is 0.904. The largest absolute Gasteiger partial charge is 0.330 e. The molecule has 1 saturated heterocycles. The molecule has 3 heteroatoms. The molecule has 0 radical (unpaired) electrons. The average Bonchev–Trinajstić information content (AvgIpc) is 2.68. The maximum absolute atomic E-state index is 6.02. The molecule has 0 spiro atoms. The zero-order valence-corrected chi connectivity index (χ0v) is 12.7. The minimum atomic E-state index is 0.564. The topological polar surface area (TPSA) is 29.3 Å². The Morgan fingerprint density at radius 3 is 2.78 bits per heavy atom. The standard InChI is InChI=1S/C15H26N2S/c1-4-7-17-8-5-6-13(10-16)15(17)14-9-11(2)18-12(14)3/h9,13,15H,4-8,10,16H2,1-3H3. The molecule has 2 unspecified atom stereocenters. The number of hydrogen-bond donors (Lipinski definition) is 1. The predicted molar refractivity (Wildman–Crippen MR) is 80.2 cm³/mol. The van der Waals surface area contributed by atoms with Crippen LogP contribution >= 0.6 is 11.3 Å². The first-order chi connectivity index (χ1) is 8.67. The van der Waals surface area contributed by atoms with E-state index in [-0.39, 0.29) is 0 Å². The fourth-order valence-corrected chi connectivity index (χ4v) is 4.30. The monoisotopic (exact) mass is 266 g/mol. The van der Waals surface area contributed by atoms with Crippen molar-refractivity contribution in [3.63, 3.8) is 0 Å². The van der Waals surface area contributed by atoms with Gasteiger partial charge in [0.15, 0.2) is 0 Å². The smallest absolute Gasteiger partial charge is 0.0399 e. The third-order valence-corrected chi connectivity index (χ3v) is 5.05. The van der Waals surface area contributed by atoms with Crippen LogP contribution in [0.2, 0.25) is 0 Å². The third kappa shape index (κ3) is 2.79. The van der Waals surface area contributed by atoms with E-state index in [9.17, 15) is 0 Å². The maximum Gasteiger partial charge on any atom is 0.0399 e. The van der Waals surface area contributed by atoms with Crippen LogP contribution in [0.25, 0.3) is 0 Å². The lowest BCUT2D eigenvalue weighted by atomic mass is 9.84. The van der Waals surface area contributed by atoms with E-state index in [0.29, 0.717) is 12.0 Å². The van der Waals surface area contributed by atoms with Crippen LogP contribution in [0, 0.1) is 19.8 Å². The summed E-state index contributed by atoms with van der Waals surface area (Å²) >= 11 is 1.93. The Labute approximate surface area is 115 Å². The first kappa shape index (κ1) is 14.0. The number of aryl methyl sites for hydroxylation is 2. The molecule has 2 rings (SSSR count). The molecule has 0 aliphatic carbocycles. The highest BCUT2D eigenvalue weighted by Crippen LogP contribution is 2.39. The Balaban J connectivity index is 2.30. The molecule has 2 atom stereocenters. The van der Waals surface area contributed by atoms with Crippen LogP contribution in [-0.4, -0.2) is 24.5 Å². The molecule has 18 heavy (non-hydrogen) atoms. The van der Waals surface area contributed by atoms with Gasteiger partial charge >= 0.3 is 0 Å². The number of nitrogens with zero attached hydrogens (tertiary/aromatic N) is 1. The summed E-state index contributed by atoms with van der Waals surface area (Å²) in [5.41, 5.74) is 7.57. The second kappa shape index (κ2) is 6.18. The number of piperidine rings is 1. The molecule has 102 valence electrons. The summed E-state index contributed by atoms with van der Waals surface area (Å²) < 4.78 is 0. The molecule has 0 amide bonds. The summed E-state index contributed by atoms with van der Waals surface area (Å²) in [4.78, 5) is 5.58. The number of thiophene rings is 1. The number of rotatable bonds is 4. The molecule has 0 bridgehead atoms. The summed E-state index contributed by atoms with van der Waals surface area (Å²) in [6.45, 7) is 10.0. The second-order valence-corrected chi connectivity index (χ2v) is 6.95. The van der Waals surface area contributed by atoms with E-state index in [1.165, 1.54) is 42.1 Å². The van der Waals surface area contributed by atoms with Gasteiger partial charge < -0.3 is 5.73 Å². The van der Waals surface area contributed by atoms with Gasteiger partial charge in [-0.2, -0.15) is 0 Å². The van der Waals surface area contributed by atoms with Crippen LogP contribution < -0.4 is 5.73 Å². The highest BCUT2D eigenvalue weighted by molar-refractivity contribution is 7.12. The van der Waals surface area contributed by atoms with E-state index < -0.39 is 0 Å². The lowest BCUT2D eigenvalue weighted by Gasteiger charge is -2.41. The van der Waals surface area contributed by atoms with Crippen molar-refractivity contribution in [1.82, 2.24) is 4.90 Å². The Morgan fingerprint density at radius 2 is 2.22 bits per heavy atom. The second-order valence-electron chi connectivity index (χ2n) is 5.49. The van der Waals surface area contributed by atoms with Crippen LogP contribution in [-0.2, 0) is 0 Å². The molecule has 1 fully saturated rings. The molecular weight excluding hydrogens is 240 g/mol. The van der Waals surface area contributed by atoms with Gasteiger partial charge in [-0.25, -0.2) is 0 Å². The van der Waals surface area contributed by atoms with E-state index in [2.05, 4.69) is 31.7 Å². The van der Waals surface area contributed by atoms with Gasteiger partial charge in [0.1, 0.15) is 0 Å². The summed E-state index contributed by atoms with van der Waals surface area (Å²) in [7, 11) is 0. The van der Waals surface area contributed by atoms with Gasteiger partial charge in [0.05, 0.1) is 0 Å². The maximum atomic E-state index is 6.02. The molecule has 1 aliphatic rings. The molecular formula is C15H26N2S. The zero-order valence-electron chi connectivity index (χ0n) is 11.9. The normalized spacial score (nSPS) is 25.6. The van der Waals surface area contributed by atoms with Crippen molar-refractivity contribution < 1.29 is 0 Å². The fraction of sp³-hybridized carbons (Fsp3) is 0.733. The molecule has 2 N–H and O–H groups in total. The van der Waals surface area contributed by atoms with E-state index in [4.69, 9.17) is 5.73 Å². The van der Waals surface area contributed by atoms with Crippen LogP contribution in [0.5, 0.6) is 0 Å². The Kier molecular flexibility index (Phi) is 4.82. The molecule has 1 aromatic rings. The number of nitrogens with two attached hydrogens (primary N) is 1. The van der Waals surface area contributed by atoms with Crippen molar-refractivity contribution in [3.05, 3.63) is 21.4 Å². The minimum absolute atomic E-state index is 0.564. The van der Waals surface area contributed by atoms with Crippen molar-refractivity contribution in [3.8, 4) is 0 Å². The minimum Gasteiger partial charge on any atom is -0.330 e. The van der Waals surface area contributed by atoms with Crippen molar-refractivity contribution in [2.45, 2.75) is 46.1 Å². The van der Waals surface area contributed by atoms with Crippen molar-refractivity contribution in [2.75, 3.05) is 19.6 Å². The van der Waals surface area contributed by atoms with Gasteiger partial charge in [0.25, 0.3) is 0 Å². The Hall–Kier alpha value is -0.380. The van der Waals surface area contributed by atoms with Gasteiger partial charge in [0, 0.05) is 15.8 Å². The van der Waals surface area contributed by atoms with Gasteiger partial charge in [-0.05, 0) is 70.3 Å². The van der Waals surface area contributed by atoms with Crippen LogP contribution in [0.15, 0.2) is 6.07 Å². The van der Waals surface area contributed by atoms with Crippen molar-refractivity contribution in [1.29, 1.82) is 0 Å². The van der Waals surface area contributed by atoms with Crippen molar-refractivity contribution in [2.24, 2.45) is 11.7 Å². The van der Waals surface area contributed by atoms with Crippen LogP contribution in [0.3, 0.4) is 0 Å². The summed E-state index contributed by atoms with van der Waals surface area (Å²) in [5, 5.41) is 0. The third-order valence-electron chi connectivity index (χ3n) is 4.07. The Bertz CT molecular complexity index is 384. The number of hydrogen-bond acceptors (Lipinski definition) is 3. The van der Waals surface area contributed by atoms with Crippen LogP contribution in [0.4, 0.5) is 0 Å². The molecule has 2 nitrogen and oxygen atoms in total.